The number of rotatable bonds is 9. The van der Waals surface area contributed by atoms with Crippen LogP contribution in [0.2, 0.25) is 0 Å². The summed E-state index contributed by atoms with van der Waals surface area (Å²) in [6.45, 7) is 9.08. The lowest BCUT2D eigenvalue weighted by molar-refractivity contribution is -0.140. The van der Waals surface area contributed by atoms with Gasteiger partial charge in [0, 0.05) is 18.5 Å². The van der Waals surface area contributed by atoms with Crippen LogP contribution in [0.1, 0.15) is 60.3 Å². The van der Waals surface area contributed by atoms with Crippen LogP contribution in [0.3, 0.4) is 0 Å². The summed E-state index contributed by atoms with van der Waals surface area (Å²) >= 11 is 0. The molecule has 196 valence electrons. The largest absolute Gasteiger partial charge is 0.507 e. The molecule has 1 saturated heterocycles. The molecule has 0 bridgehead atoms. The van der Waals surface area contributed by atoms with E-state index in [1.807, 2.05) is 13.0 Å². The first-order valence-electron chi connectivity index (χ1n) is 12.8. The highest BCUT2D eigenvalue weighted by molar-refractivity contribution is 6.46. The van der Waals surface area contributed by atoms with Crippen molar-refractivity contribution in [3.63, 3.8) is 0 Å². The second kappa shape index (κ2) is 11.2. The lowest BCUT2D eigenvalue weighted by atomic mass is 9.94. The number of benzene rings is 2. The molecule has 2 aliphatic rings. The molecule has 2 heterocycles. The first-order valence-corrected chi connectivity index (χ1v) is 12.8. The molecule has 2 atom stereocenters. The summed E-state index contributed by atoms with van der Waals surface area (Å²) in [5, 5.41) is 11.4. The normalized spacial score (nSPS) is 20.3. The van der Waals surface area contributed by atoms with Crippen LogP contribution in [0.5, 0.6) is 5.75 Å². The molecule has 1 amide bonds. The number of ketones is 1. The summed E-state index contributed by atoms with van der Waals surface area (Å²) in [5.41, 5.74) is 2.45. The Bertz CT molecular complexity index is 1220. The van der Waals surface area contributed by atoms with Gasteiger partial charge in [-0.15, -0.1) is 0 Å². The summed E-state index contributed by atoms with van der Waals surface area (Å²) in [6, 6.07) is 11.1. The van der Waals surface area contributed by atoms with E-state index in [2.05, 4.69) is 18.7 Å². The van der Waals surface area contributed by atoms with E-state index < -0.39 is 23.7 Å². The van der Waals surface area contributed by atoms with Crippen molar-refractivity contribution in [3.05, 3.63) is 70.3 Å². The zero-order valence-corrected chi connectivity index (χ0v) is 21.8. The molecule has 0 saturated carbocycles. The van der Waals surface area contributed by atoms with Crippen molar-refractivity contribution in [2.45, 2.75) is 45.8 Å². The first-order chi connectivity index (χ1) is 17.8. The minimum absolute atomic E-state index is 0.0390. The molecule has 0 spiro atoms. The van der Waals surface area contributed by atoms with Crippen LogP contribution in [0.4, 0.5) is 0 Å². The van der Waals surface area contributed by atoms with Crippen molar-refractivity contribution < 1.29 is 29.0 Å². The predicted molar refractivity (Wildman–Crippen MR) is 139 cm³/mol. The highest BCUT2D eigenvalue weighted by Crippen LogP contribution is 2.40. The fourth-order valence-corrected chi connectivity index (χ4v) is 5.11. The molecule has 1 fully saturated rings. The number of methoxy groups -OCH3 is 1. The van der Waals surface area contributed by atoms with E-state index in [4.69, 9.17) is 9.47 Å². The van der Waals surface area contributed by atoms with Gasteiger partial charge in [0.15, 0.2) is 0 Å². The van der Waals surface area contributed by atoms with Crippen molar-refractivity contribution in [2.24, 2.45) is 0 Å². The quantitative estimate of drug-likeness (QED) is 0.238. The summed E-state index contributed by atoms with van der Waals surface area (Å²) in [6.07, 6.45) is 1.42. The second-order valence-corrected chi connectivity index (χ2v) is 9.44. The predicted octanol–water partition coefficient (Wildman–Crippen LogP) is 3.95. The van der Waals surface area contributed by atoms with Gasteiger partial charge < -0.3 is 24.4 Å². The van der Waals surface area contributed by atoms with Crippen LogP contribution in [0.15, 0.2) is 48.0 Å². The Labute approximate surface area is 217 Å². The van der Waals surface area contributed by atoms with Crippen molar-refractivity contribution in [1.82, 2.24) is 9.80 Å². The molecule has 0 aliphatic carbocycles. The van der Waals surface area contributed by atoms with Crippen LogP contribution < -0.4 is 4.74 Å². The Morgan fingerprint density at radius 3 is 2.43 bits per heavy atom. The van der Waals surface area contributed by atoms with E-state index in [1.54, 1.807) is 36.4 Å². The Morgan fingerprint density at radius 2 is 1.78 bits per heavy atom. The van der Waals surface area contributed by atoms with E-state index in [0.717, 1.165) is 30.9 Å². The van der Waals surface area contributed by atoms with E-state index >= 15 is 0 Å². The van der Waals surface area contributed by atoms with Gasteiger partial charge in [0.2, 0.25) is 0 Å². The monoisotopic (exact) mass is 506 g/mol. The van der Waals surface area contributed by atoms with Gasteiger partial charge in [0.25, 0.3) is 11.7 Å². The van der Waals surface area contributed by atoms with Crippen molar-refractivity contribution >= 4 is 23.4 Å². The number of carbonyl (C=O) groups is 3. The third kappa shape index (κ3) is 5.25. The number of aliphatic hydroxyl groups is 1. The third-order valence-corrected chi connectivity index (χ3v) is 7.12. The number of likely N-dealkylation sites (tertiary alicyclic amines) is 1. The lowest BCUT2D eigenvalue weighted by Crippen LogP contribution is -2.33. The molecule has 0 aromatic heterocycles. The van der Waals surface area contributed by atoms with E-state index in [-0.39, 0.29) is 17.4 Å². The first kappa shape index (κ1) is 26.4. The van der Waals surface area contributed by atoms with Crippen molar-refractivity contribution in [3.8, 4) is 5.75 Å². The van der Waals surface area contributed by atoms with Gasteiger partial charge in [-0.25, -0.2) is 4.79 Å². The number of esters is 1. The maximum atomic E-state index is 13.3. The number of Topliss-reactive ketones (excluding diaryl/α,β-unsaturated/α-hetero) is 1. The third-order valence-electron chi connectivity index (χ3n) is 7.12. The van der Waals surface area contributed by atoms with Gasteiger partial charge in [-0.05, 0) is 74.4 Å². The fourth-order valence-electron chi connectivity index (χ4n) is 5.11. The number of ether oxygens (including phenoxy) is 2. The topological polar surface area (TPSA) is 96.4 Å². The standard InChI is InChI=1S/C29H34N2O6/c1-5-30(6-2)14-7-15-31-25(19-8-10-20(11-9-19)29(35)36-4)24(27(33)28(31)34)26(32)21-12-13-23-22(17-21)16-18(3)37-23/h8-13,17-18,25,32H,5-7,14-16H2,1-4H3/b26-24+/t18-,25-/m1/s1. The zero-order chi connectivity index (χ0) is 26.7. The number of nitrogens with zero attached hydrogens (tertiary/aromatic N) is 2. The molecule has 4 rings (SSSR count). The molecule has 37 heavy (non-hydrogen) atoms. The highest BCUT2D eigenvalue weighted by atomic mass is 16.5. The van der Waals surface area contributed by atoms with Gasteiger partial charge in [0.1, 0.15) is 17.6 Å². The molecule has 8 heteroatoms. The van der Waals surface area contributed by atoms with Crippen LogP contribution in [-0.2, 0) is 20.7 Å². The summed E-state index contributed by atoms with van der Waals surface area (Å²) in [7, 11) is 1.31. The molecular weight excluding hydrogens is 472 g/mol. The van der Waals surface area contributed by atoms with Crippen LogP contribution in [0, 0.1) is 0 Å². The Hall–Kier alpha value is -3.65. The molecule has 0 unspecified atom stereocenters. The molecule has 0 radical (unpaired) electrons. The van der Waals surface area contributed by atoms with Gasteiger partial charge >= 0.3 is 5.97 Å². The molecule has 2 aromatic carbocycles. The van der Waals surface area contributed by atoms with E-state index in [0.29, 0.717) is 36.1 Å². The maximum absolute atomic E-state index is 13.3. The van der Waals surface area contributed by atoms with Crippen molar-refractivity contribution in [1.29, 1.82) is 0 Å². The number of hydrogen-bond acceptors (Lipinski definition) is 7. The Balaban J connectivity index is 1.74. The van der Waals surface area contributed by atoms with Gasteiger partial charge in [-0.2, -0.15) is 0 Å². The van der Waals surface area contributed by atoms with Gasteiger partial charge in [-0.1, -0.05) is 26.0 Å². The Kier molecular flexibility index (Phi) is 7.97. The van der Waals surface area contributed by atoms with Crippen LogP contribution in [-0.4, -0.2) is 72.0 Å². The molecule has 2 aliphatic heterocycles. The zero-order valence-electron chi connectivity index (χ0n) is 21.8. The lowest BCUT2D eigenvalue weighted by Gasteiger charge is -2.27. The minimum Gasteiger partial charge on any atom is -0.507 e. The van der Waals surface area contributed by atoms with E-state index in [9.17, 15) is 19.5 Å². The fraction of sp³-hybridized carbons (Fsp3) is 0.414. The van der Waals surface area contributed by atoms with Gasteiger partial charge in [0.05, 0.1) is 24.3 Å². The van der Waals surface area contributed by atoms with Crippen LogP contribution in [0.25, 0.3) is 5.76 Å². The number of carbonyl (C=O) groups excluding carboxylic acids is 3. The van der Waals surface area contributed by atoms with E-state index in [1.165, 1.54) is 12.0 Å². The second-order valence-electron chi connectivity index (χ2n) is 9.44. The number of fused-ring (bicyclic) bond motifs is 1. The molecule has 1 N–H and O–H groups in total. The van der Waals surface area contributed by atoms with Crippen molar-refractivity contribution in [2.75, 3.05) is 33.3 Å². The number of hydrogen-bond donors (Lipinski definition) is 1. The molecule has 8 nitrogen and oxygen atoms in total. The molecular formula is C29H34N2O6. The molecule has 2 aromatic rings. The average Bonchev–Trinajstić information content (AvgIpc) is 3.41. The smallest absolute Gasteiger partial charge is 0.337 e. The Morgan fingerprint density at radius 1 is 1.11 bits per heavy atom. The SMILES string of the molecule is CCN(CC)CCCN1C(=O)C(=O)/C(=C(/O)c2ccc3c(c2)C[C@@H](C)O3)[C@H]1c1ccc(C(=O)OC)cc1. The van der Waals surface area contributed by atoms with Crippen LogP contribution >= 0.6 is 0 Å². The average molecular weight is 507 g/mol. The number of amides is 1. The summed E-state index contributed by atoms with van der Waals surface area (Å²) in [5.74, 6) is -1.28. The number of aliphatic hydroxyl groups excluding tert-OH is 1. The highest BCUT2D eigenvalue weighted by Gasteiger charge is 2.46. The minimum atomic E-state index is -0.771. The van der Waals surface area contributed by atoms with Gasteiger partial charge in [-0.3, -0.25) is 9.59 Å². The summed E-state index contributed by atoms with van der Waals surface area (Å²) < 4.78 is 10.6. The summed E-state index contributed by atoms with van der Waals surface area (Å²) in [4.78, 5) is 42.3. The maximum Gasteiger partial charge on any atom is 0.337 e.